The van der Waals surface area contributed by atoms with E-state index in [4.69, 9.17) is 0 Å². The van der Waals surface area contributed by atoms with Gasteiger partial charge in [0.15, 0.2) is 0 Å². The normalized spacial score (nSPS) is 39.3. The van der Waals surface area contributed by atoms with Crippen LogP contribution >= 0.6 is 11.8 Å². The zero-order valence-electron chi connectivity index (χ0n) is 7.01. The minimum atomic E-state index is 0.874. The Bertz CT molecular complexity index is 115. The largest absolute Gasteiger partial charge is 0.314 e. The number of piperidine rings is 1. The molecule has 1 nitrogen and oxygen atoms in total. The number of rotatable bonds is 1. The molecule has 0 bridgehead atoms. The lowest BCUT2D eigenvalue weighted by molar-refractivity contribution is 0.315. The molecule has 2 saturated heterocycles. The molecule has 2 atom stereocenters. The van der Waals surface area contributed by atoms with Crippen LogP contribution in [0.25, 0.3) is 0 Å². The lowest BCUT2D eigenvalue weighted by Gasteiger charge is -2.28. The Balaban J connectivity index is 1.82. The van der Waals surface area contributed by atoms with Gasteiger partial charge in [-0.25, -0.2) is 0 Å². The van der Waals surface area contributed by atoms with Crippen molar-refractivity contribution in [3.8, 4) is 0 Å². The van der Waals surface area contributed by atoms with E-state index in [1.807, 2.05) is 0 Å². The predicted molar refractivity (Wildman–Crippen MR) is 51.1 cm³/mol. The summed E-state index contributed by atoms with van der Waals surface area (Å²) in [5, 5.41) is 3.65. The highest BCUT2D eigenvalue weighted by molar-refractivity contribution is 7.99. The van der Waals surface area contributed by atoms with Crippen LogP contribution in [0.4, 0.5) is 0 Å². The van der Waals surface area contributed by atoms with Gasteiger partial charge in [-0.3, -0.25) is 0 Å². The van der Waals surface area contributed by atoms with Crippen molar-refractivity contribution >= 4 is 11.8 Å². The van der Waals surface area contributed by atoms with Gasteiger partial charge in [0.2, 0.25) is 0 Å². The summed E-state index contributed by atoms with van der Waals surface area (Å²) < 4.78 is 0. The molecule has 1 N–H and O–H groups in total. The van der Waals surface area contributed by atoms with Gasteiger partial charge < -0.3 is 5.32 Å². The standard InChI is InChI=1S/C9H17NS/c1-2-5-10-9(3-1)8-4-6-11-7-8/h8-10H,1-7H2. The van der Waals surface area contributed by atoms with Crippen LogP contribution in [0.5, 0.6) is 0 Å². The van der Waals surface area contributed by atoms with Crippen molar-refractivity contribution < 1.29 is 0 Å². The molecule has 0 aromatic carbocycles. The maximum atomic E-state index is 3.65. The molecule has 0 spiro atoms. The van der Waals surface area contributed by atoms with Crippen molar-refractivity contribution in [3.63, 3.8) is 0 Å². The van der Waals surface area contributed by atoms with Crippen LogP contribution in [0.1, 0.15) is 25.7 Å². The Morgan fingerprint density at radius 3 is 2.82 bits per heavy atom. The second-order valence-electron chi connectivity index (χ2n) is 3.68. The van der Waals surface area contributed by atoms with E-state index in [2.05, 4.69) is 17.1 Å². The molecule has 2 heterocycles. The summed E-state index contributed by atoms with van der Waals surface area (Å²) in [6.07, 6.45) is 5.75. The molecule has 2 fully saturated rings. The minimum absolute atomic E-state index is 0.874. The summed E-state index contributed by atoms with van der Waals surface area (Å²) >= 11 is 2.14. The van der Waals surface area contributed by atoms with E-state index < -0.39 is 0 Å². The molecule has 0 aromatic heterocycles. The maximum Gasteiger partial charge on any atom is 0.0103 e. The van der Waals surface area contributed by atoms with Gasteiger partial charge in [0.25, 0.3) is 0 Å². The van der Waals surface area contributed by atoms with Crippen LogP contribution in [0.2, 0.25) is 0 Å². The third kappa shape index (κ3) is 1.91. The summed E-state index contributed by atoms with van der Waals surface area (Å²) in [7, 11) is 0. The van der Waals surface area contributed by atoms with Gasteiger partial charge in [-0.2, -0.15) is 11.8 Å². The highest BCUT2D eigenvalue weighted by atomic mass is 32.2. The molecule has 0 aromatic rings. The fourth-order valence-electron chi connectivity index (χ4n) is 2.15. The summed E-state index contributed by atoms with van der Waals surface area (Å²) in [5.41, 5.74) is 0. The first-order valence-electron chi connectivity index (χ1n) is 4.78. The number of hydrogen-bond donors (Lipinski definition) is 1. The fourth-order valence-corrected chi connectivity index (χ4v) is 3.49. The summed E-state index contributed by atoms with van der Waals surface area (Å²) in [6.45, 7) is 1.27. The topological polar surface area (TPSA) is 12.0 Å². The third-order valence-electron chi connectivity index (χ3n) is 2.88. The van der Waals surface area contributed by atoms with Crippen molar-refractivity contribution in [3.05, 3.63) is 0 Å². The Labute approximate surface area is 73.3 Å². The van der Waals surface area contributed by atoms with E-state index in [1.165, 1.54) is 43.7 Å². The van der Waals surface area contributed by atoms with Crippen LogP contribution in [0.15, 0.2) is 0 Å². The third-order valence-corrected chi connectivity index (χ3v) is 4.07. The van der Waals surface area contributed by atoms with Gasteiger partial charge in [-0.05, 0) is 43.2 Å². The molecular weight excluding hydrogens is 154 g/mol. The molecule has 0 radical (unpaired) electrons. The Morgan fingerprint density at radius 1 is 1.18 bits per heavy atom. The van der Waals surface area contributed by atoms with E-state index in [9.17, 15) is 0 Å². The summed E-state index contributed by atoms with van der Waals surface area (Å²) in [4.78, 5) is 0. The van der Waals surface area contributed by atoms with Crippen molar-refractivity contribution in [2.45, 2.75) is 31.7 Å². The molecule has 0 amide bonds. The van der Waals surface area contributed by atoms with Crippen LogP contribution in [0, 0.1) is 5.92 Å². The molecular formula is C9H17NS. The van der Waals surface area contributed by atoms with Gasteiger partial charge >= 0.3 is 0 Å². The Kier molecular flexibility index (Phi) is 2.75. The molecule has 64 valence electrons. The summed E-state index contributed by atoms with van der Waals surface area (Å²) in [6, 6.07) is 0.874. The first kappa shape index (κ1) is 7.93. The second kappa shape index (κ2) is 3.81. The van der Waals surface area contributed by atoms with E-state index in [1.54, 1.807) is 0 Å². The molecule has 2 aliphatic heterocycles. The van der Waals surface area contributed by atoms with Crippen LogP contribution < -0.4 is 5.32 Å². The second-order valence-corrected chi connectivity index (χ2v) is 4.83. The van der Waals surface area contributed by atoms with Crippen molar-refractivity contribution in [1.29, 1.82) is 0 Å². The van der Waals surface area contributed by atoms with E-state index in [-0.39, 0.29) is 0 Å². The lowest BCUT2D eigenvalue weighted by atomic mass is 9.92. The van der Waals surface area contributed by atoms with E-state index in [0.717, 1.165) is 12.0 Å². The van der Waals surface area contributed by atoms with Gasteiger partial charge in [-0.15, -0.1) is 0 Å². The number of thioether (sulfide) groups is 1. The van der Waals surface area contributed by atoms with Crippen LogP contribution in [-0.2, 0) is 0 Å². The first-order valence-corrected chi connectivity index (χ1v) is 5.93. The van der Waals surface area contributed by atoms with Crippen LogP contribution in [0.3, 0.4) is 0 Å². The molecule has 0 aliphatic carbocycles. The Morgan fingerprint density at radius 2 is 2.18 bits per heavy atom. The van der Waals surface area contributed by atoms with E-state index in [0.29, 0.717) is 0 Å². The Hall–Kier alpha value is 0.310. The lowest BCUT2D eigenvalue weighted by Crippen LogP contribution is -2.39. The molecule has 2 heteroatoms. The number of hydrogen-bond acceptors (Lipinski definition) is 2. The smallest absolute Gasteiger partial charge is 0.0103 e. The zero-order chi connectivity index (χ0) is 7.52. The molecule has 2 rings (SSSR count). The zero-order valence-corrected chi connectivity index (χ0v) is 7.83. The monoisotopic (exact) mass is 171 g/mol. The van der Waals surface area contributed by atoms with Gasteiger partial charge in [-0.1, -0.05) is 6.42 Å². The molecule has 2 aliphatic rings. The van der Waals surface area contributed by atoms with Crippen molar-refractivity contribution in [2.24, 2.45) is 5.92 Å². The molecule has 11 heavy (non-hydrogen) atoms. The minimum Gasteiger partial charge on any atom is -0.314 e. The van der Waals surface area contributed by atoms with Crippen molar-refractivity contribution in [2.75, 3.05) is 18.1 Å². The average molecular weight is 171 g/mol. The molecule has 2 unspecified atom stereocenters. The quantitative estimate of drug-likeness (QED) is 0.646. The molecule has 0 saturated carbocycles. The number of nitrogens with one attached hydrogen (secondary N) is 1. The van der Waals surface area contributed by atoms with Crippen molar-refractivity contribution in [1.82, 2.24) is 5.32 Å². The highest BCUT2D eigenvalue weighted by Crippen LogP contribution is 2.29. The maximum absolute atomic E-state index is 3.65. The van der Waals surface area contributed by atoms with Gasteiger partial charge in [0, 0.05) is 6.04 Å². The van der Waals surface area contributed by atoms with Gasteiger partial charge in [0.1, 0.15) is 0 Å². The highest BCUT2D eigenvalue weighted by Gasteiger charge is 2.25. The van der Waals surface area contributed by atoms with Crippen LogP contribution in [-0.4, -0.2) is 24.1 Å². The first-order chi connectivity index (χ1) is 5.47. The van der Waals surface area contributed by atoms with Gasteiger partial charge in [0.05, 0.1) is 0 Å². The summed E-state index contributed by atoms with van der Waals surface area (Å²) in [5.74, 6) is 3.82. The SMILES string of the molecule is C1CCC(C2CCSC2)NC1. The average Bonchev–Trinajstić information content (AvgIpc) is 2.58. The van der Waals surface area contributed by atoms with E-state index >= 15 is 0 Å². The predicted octanol–water partition coefficient (Wildman–Crippen LogP) is 1.88. The fraction of sp³-hybridized carbons (Fsp3) is 1.00.